The molecule has 0 aromatic rings. The van der Waals surface area contributed by atoms with Crippen molar-refractivity contribution in [2.24, 2.45) is 0 Å². The third kappa shape index (κ3) is 0.852. The lowest BCUT2D eigenvalue weighted by Crippen LogP contribution is -2.25. The van der Waals surface area contributed by atoms with Gasteiger partial charge in [0.05, 0.1) is 0 Å². The Morgan fingerprint density at radius 2 is 2.33 bits per heavy atom. The highest BCUT2D eigenvalue weighted by Gasteiger charge is 2.46. The largest absolute Gasteiger partial charge is 0.300 e. The molecule has 0 saturated carbocycles. The topological polar surface area (TPSA) is 47.1 Å². The average molecular weight is 127 g/mol. The van der Waals surface area contributed by atoms with E-state index in [4.69, 9.17) is 0 Å². The first-order valence-electron chi connectivity index (χ1n) is 3.61. The first-order chi connectivity index (χ1) is 4.35. The summed E-state index contributed by atoms with van der Waals surface area (Å²) in [4.78, 5) is 2.45. The van der Waals surface area contributed by atoms with Gasteiger partial charge < -0.3 is 4.90 Å². The molecule has 52 valence electrons. The van der Waals surface area contributed by atoms with Crippen molar-refractivity contribution in [2.75, 3.05) is 19.6 Å². The van der Waals surface area contributed by atoms with Gasteiger partial charge in [0.25, 0.3) is 0 Å². The van der Waals surface area contributed by atoms with Gasteiger partial charge in [0, 0.05) is 13.1 Å². The van der Waals surface area contributed by atoms with E-state index in [0.717, 1.165) is 0 Å². The lowest BCUT2D eigenvalue weighted by Gasteiger charge is -2.09. The second kappa shape index (κ2) is 1.68. The molecule has 2 saturated heterocycles. The van der Waals surface area contributed by atoms with Gasteiger partial charge in [-0.3, -0.25) is 0 Å². The summed E-state index contributed by atoms with van der Waals surface area (Å²) in [5.74, 6) is 0. The maximum absolute atomic E-state index is 3.18. The van der Waals surface area contributed by atoms with Crippen molar-refractivity contribution in [1.29, 1.82) is 0 Å². The van der Waals surface area contributed by atoms with E-state index >= 15 is 0 Å². The Bertz CT molecular complexity index is 119. The minimum absolute atomic E-state index is 0.343. The summed E-state index contributed by atoms with van der Waals surface area (Å²) in [6, 6.07) is 0. The van der Waals surface area contributed by atoms with Crippen molar-refractivity contribution in [3.8, 4) is 0 Å². The summed E-state index contributed by atoms with van der Waals surface area (Å²) in [7, 11) is 0. The fraction of sp³-hybridized carbons (Fsp3) is 1.00. The van der Waals surface area contributed by atoms with Crippen LogP contribution < -0.4 is 10.9 Å². The predicted molar refractivity (Wildman–Crippen MR) is 35.7 cm³/mol. The molecule has 0 amide bonds. The first-order valence-corrected chi connectivity index (χ1v) is 3.61. The molecule has 0 atom stereocenters. The minimum Gasteiger partial charge on any atom is -0.300 e. The van der Waals surface area contributed by atoms with Gasteiger partial charge in [-0.25, -0.2) is 10.9 Å². The quantitative estimate of drug-likeness (QED) is 0.467. The van der Waals surface area contributed by atoms with Crippen LogP contribution in [0.3, 0.4) is 0 Å². The van der Waals surface area contributed by atoms with Gasteiger partial charge in [-0.1, -0.05) is 6.92 Å². The van der Waals surface area contributed by atoms with Crippen LogP contribution in [0.25, 0.3) is 0 Å². The molecule has 1 spiro atoms. The first kappa shape index (κ1) is 5.65. The van der Waals surface area contributed by atoms with E-state index in [1.807, 2.05) is 0 Å². The van der Waals surface area contributed by atoms with Crippen LogP contribution >= 0.6 is 0 Å². The van der Waals surface area contributed by atoms with Gasteiger partial charge in [-0.05, 0) is 13.0 Å². The fourth-order valence-corrected chi connectivity index (χ4v) is 1.45. The average Bonchev–Trinajstić information content (AvgIpc) is 2.44. The predicted octanol–water partition coefficient (Wildman–Crippen LogP) is -0.484. The lowest BCUT2D eigenvalue weighted by atomic mass is 10.2. The summed E-state index contributed by atoms with van der Waals surface area (Å²) < 4.78 is 0. The molecule has 0 aromatic heterocycles. The Morgan fingerprint density at radius 3 is 2.67 bits per heavy atom. The van der Waals surface area contributed by atoms with E-state index in [0.29, 0.717) is 5.66 Å². The number of nitrogens with one attached hydrogen (secondary N) is 2. The summed E-state index contributed by atoms with van der Waals surface area (Å²) in [5, 5.41) is 0. The molecular formula is C6H13N3. The summed E-state index contributed by atoms with van der Waals surface area (Å²) >= 11 is 0. The van der Waals surface area contributed by atoms with E-state index in [-0.39, 0.29) is 0 Å². The number of likely N-dealkylation sites (tertiary alicyclic amines) is 1. The fourth-order valence-electron chi connectivity index (χ4n) is 1.45. The van der Waals surface area contributed by atoms with Crippen molar-refractivity contribution in [1.82, 2.24) is 15.8 Å². The molecule has 2 aliphatic rings. The molecular weight excluding hydrogens is 114 g/mol. The maximum atomic E-state index is 3.18. The Balaban J connectivity index is 1.93. The Kier molecular flexibility index (Phi) is 1.06. The second-order valence-corrected chi connectivity index (χ2v) is 2.95. The molecule has 2 aliphatic heterocycles. The molecule has 9 heavy (non-hydrogen) atoms. The highest BCUT2D eigenvalue weighted by atomic mass is 15.7. The minimum atomic E-state index is 0.343. The van der Waals surface area contributed by atoms with Crippen LogP contribution in [0.5, 0.6) is 0 Å². The molecule has 2 fully saturated rings. The van der Waals surface area contributed by atoms with Gasteiger partial charge in [0.1, 0.15) is 5.66 Å². The number of likely N-dealkylation sites (N-methyl/N-ethyl adjacent to an activating group) is 1. The Morgan fingerprint density at radius 1 is 1.56 bits per heavy atom. The molecule has 2 N–H and O–H groups in total. The highest BCUT2D eigenvalue weighted by molar-refractivity contribution is 5.01. The molecule has 0 unspecified atom stereocenters. The highest BCUT2D eigenvalue weighted by Crippen LogP contribution is 2.23. The van der Waals surface area contributed by atoms with Gasteiger partial charge in [-0.2, -0.15) is 0 Å². The van der Waals surface area contributed by atoms with E-state index in [1.165, 1.54) is 26.1 Å². The van der Waals surface area contributed by atoms with Crippen LogP contribution in [0.15, 0.2) is 0 Å². The number of hydrogen-bond acceptors (Lipinski definition) is 3. The third-order valence-electron chi connectivity index (χ3n) is 2.27. The Labute approximate surface area is 55.4 Å². The third-order valence-corrected chi connectivity index (χ3v) is 2.27. The van der Waals surface area contributed by atoms with Gasteiger partial charge in [-0.15, -0.1) is 0 Å². The summed E-state index contributed by atoms with van der Waals surface area (Å²) in [6.45, 7) is 5.83. The van der Waals surface area contributed by atoms with Crippen LogP contribution in [0.4, 0.5) is 0 Å². The van der Waals surface area contributed by atoms with Crippen LogP contribution in [0.2, 0.25) is 0 Å². The van der Waals surface area contributed by atoms with Crippen molar-refractivity contribution in [3.05, 3.63) is 0 Å². The zero-order chi connectivity index (χ0) is 6.32. The smallest absolute Gasteiger partial charge is 0.108 e. The monoisotopic (exact) mass is 127 g/mol. The number of nitrogens with zero attached hydrogens (tertiary/aromatic N) is 1. The standard InChI is InChI=1S/C6H13N3/c1-2-9-4-3-6(5-9)7-8-6/h7-8H,2-5H2,1H3. The van der Waals surface area contributed by atoms with E-state index in [2.05, 4.69) is 22.7 Å². The zero-order valence-electron chi connectivity index (χ0n) is 5.78. The molecule has 2 rings (SSSR count). The molecule has 2 heterocycles. The molecule has 0 aromatic carbocycles. The summed E-state index contributed by atoms with van der Waals surface area (Å²) in [5.41, 5.74) is 6.71. The van der Waals surface area contributed by atoms with Crippen molar-refractivity contribution in [3.63, 3.8) is 0 Å². The normalized spacial score (nSPS) is 31.7. The Hall–Kier alpha value is -0.120. The summed E-state index contributed by atoms with van der Waals surface area (Å²) in [6.07, 6.45) is 1.26. The number of hydrogen-bond donors (Lipinski definition) is 2. The molecule has 0 bridgehead atoms. The number of rotatable bonds is 1. The van der Waals surface area contributed by atoms with Crippen LogP contribution in [-0.4, -0.2) is 30.2 Å². The lowest BCUT2D eigenvalue weighted by molar-refractivity contribution is 0.348. The van der Waals surface area contributed by atoms with Crippen molar-refractivity contribution in [2.45, 2.75) is 19.0 Å². The van der Waals surface area contributed by atoms with Crippen LogP contribution in [0, 0.1) is 0 Å². The van der Waals surface area contributed by atoms with Crippen LogP contribution in [-0.2, 0) is 0 Å². The SMILES string of the molecule is CCN1CCC2(C1)NN2. The molecule has 0 aliphatic carbocycles. The van der Waals surface area contributed by atoms with Crippen molar-refractivity contribution >= 4 is 0 Å². The second-order valence-electron chi connectivity index (χ2n) is 2.95. The van der Waals surface area contributed by atoms with E-state index in [1.54, 1.807) is 0 Å². The van der Waals surface area contributed by atoms with Gasteiger partial charge in [0.2, 0.25) is 0 Å². The molecule has 0 radical (unpaired) electrons. The van der Waals surface area contributed by atoms with Gasteiger partial charge in [0.15, 0.2) is 0 Å². The van der Waals surface area contributed by atoms with Gasteiger partial charge >= 0.3 is 0 Å². The molecule has 3 heteroatoms. The molecule has 3 nitrogen and oxygen atoms in total. The number of hydrazine groups is 1. The maximum Gasteiger partial charge on any atom is 0.108 e. The van der Waals surface area contributed by atoms with Crippen molar-refractivity contribution < 1.29 is 0 Å². The zero-order valence-corrected chi connectivity index (χ0v) is 5.78. The van der Waals surface area contributed by atoms with E-state index < -0.39 is 0 Å². The van der Waals surface area contributed by atoms with E-state index in [9.17, 15) is 0 Å². The van der Waals surface area contributed by atoms with Crippen LogP contribution in [0.1, 0.15) is 13.3 Å².